The van der Waals surface area contributed by atoms with Gasteiger partial charge in [-0.1, -0.05) is 0 Å². The molecule has 0 saturated heterocycles. The monoisotopic (exact) mass is 329 g/mol. The molecule has 0 aliphatic heterocycles. The van der Waals surface area contributed by atoms with E-state index in [1.807, 2.05) is 0 Å². The van der Waals surface area contributed by atoms with E-state index in [1.165, 1.54) is 14.0 Å². The summed E-state index contributed by atoms with van der Waals surface area (Å²) < 4.78 is 10.1. The summed E-state index contributed by atoms with van der Waals surface area (Å²) in [6.07, 6.45) is 0. The van der Waals surface area contributed by atoms with Crippen LogP contribution in [0.4, 0.5) is 0 Å². The van der Waals surface area contributed by atoms with Crippen LogP contribution in [-0.4, -0.2) is 36.2 Å². The van der Waals surface area contributed by atoms with Gasteiger partial charge in [0.15, 0.2) is 12.4 Å². The van der Waals surface area contributed by atoms with Crippen molar-refractivity contribution < 1.29 is 23.9 Å². The number of Topliss-reactive ketones (excluding diaryl/α,β-unsaturated/α-hetero) is 2. The molecule has 0 spiro atoms. The van der Waals surface area contributed by atoms with Crippen molar-refractivity contribution in [3.63, 3.8) is 0 Å². The van der Waals surface area contributed by atoms with Gasteiger partial charge in [0, 0.05) is 11.3 Å². The highest BCUT2D eigenvalue weighted by atomic mass is 16.5. The van der Waals surface area contributed by atoms with E-state index in [0.29, 0.717) is 33.8 Å². The van der Waals surface area contributed by atoms with E-state index in [9.17, 15) is 14.4 Å². The Balaban J connectivity index is 2.07. The second-order valence-electron chi connectivity index (χ2n) is 5.41. The average Bonchev–Trinajstić information content (AvgIpc) is 2.87. The zero-order valence-electron chi connectivity index (χ0n) is 14.1. The van der Waals surface area contributed by atoms with Crippen molar-refractivity contribution in [1.82, 2.24) is 4.98 Å². The van der Waals surface area contributed by atoms with Gasteiger partial charge in [-0.05, 0) is 50.6 Å². The summed E-state index contributed by atoms with van der Waals surface area (Å²) in [5.41, 5.74) is 2.63. The lowest BCUT2D eigenvalue weighted by atomic mass is 10.1. The van der Waals surface area contributed by atoms with Crippen molar-refractivity contribution in [2.24, 2.45) is 0 Å². The van der Waals surface area contributed by atoms with Gasteiger partial charge < -0.3 is 14.5 Å². The number of methoxy groups -OCH3 is 1. The highest BCUT2D eigenvalue weighted by Crippen LogP contribution is 2.19. The molecule has 0 fully saturated rings. The van der Waals surface area contributed by atoms with Crippen molar-refractivity contribution in [3.8, 4) is 5.75 Å². The molecule has 126 valence electrons. The molecule has 1 heterocycles. The van der Waals surface area contributed by atoms with E-state index in [4.69, 9.17) is 4.74 Å². The standard InChI is InChI=1S/C18H19NO5/c1-10-16(12(3)20)11(2)19-17(10)15(21)9-24-14-7-5-13(6-8-14)18(22)23-4/h5-8,19H,9H2,1-4H3. The summed E-state index contributed by atoms with van der Waals surface area (Å²) in [6, 6.07) is 6.30. The van der Waals surface area contributed by atoms with Crippen LogP contribution < -0.4 is 4.74 Å². The SMILES string of the molecule is COC(=O)c1ccc(OCC(=O)c2[nH]c(C)c(C(C)=O)c2C)cc1. The maximum atomic E-state index is 12.3. The maximum Gasteiger partial charge on any atom is 0.337 e. The molecule has 0 aliphatic carbocycles. The van der Waals surface area contributed by atoms with E-state index in [1.54, 1.807) is 38.1 Å². The Bertz CT molecular complexity index is 786. The summed E-state index contributed by atoms with van der Waals surface area (Å²) >= 11 is 0. The van der Waals surface area contributed by atoms with E-state index in [0.717, 1.165) is 0 Å². The Hall–Kier alpha value is -2.89. The van der Waals surface area contributed by atoms with Crippen LogP contribution in [0.1, 0.15) is 49.4 Å². The summed E-state index contributed by atoms with van der Waals surface area (Å²) in [4.78, 5) is 38.2. The largest absolute Gasteiger partial charge is 0.485 e. The number of nitrogens with one attached hydrogen (secondary N) is 1. The first-order valence-electron chi connectivity index (χ1n) is 7.39. The zero-order valence-corrected chi connectivity index (χ0v) is 14.1. The number of carbonyl (C=O) groups excluding carboxylic acids is 3. The summed E-state index contributed by atoms with van der Waals surface area (Å²) in [6.45, 7) is 4.79. The molecule has 6 nitrogen and oxygen atoms in total. The molecule has 24 heavy (non-hydrogen) atoms. The van der Waals surface area contributed by atoms with Gasteiger partial charge in [-0.3, -0.25) is 9.59 Å². The molecule has 6 heteroatoms. The number of aryl methyl sites for hydroxylation is 1. The molecule has 2 aromatic rings. The highest BCUT2D eigenvalue weighted by Gasteiger charge is 2.20. The number of aromatic amines is 1. The van der Waals surface area contributed by atoms with Gasteiger partial charge in [0.2, 0.25) is 5.78 Å². The fourth-order valence-corrected chi connectivity index (χ4v) is 2.58. The molecule has 0 radical (unpaired) electrons. The molecule has 0 aliphatic rings. The summed E-state index contributed by atoms with van der Waals surface area (Å²) in [7, 11) is 1.31. The molecular weight excluding hydrogens is 310 g/mol. The first-order valence-corrected chi connectivity index (χ1v) is 7.39. The Morgan fingerprint density at radius 3 is 2.21 bits per heavy atom. The predicted octanol–water partition coefficient (Wildman–Crippen LogP) is 2.88. The fourth-order valence-electron chi connectivity index (χ4n) is 2.58. The van der Waals surface area contributed by atoms with Crippen LogP contribution in [0, 0.1) is 13.8 Å². The van der Waals surface area contributed by atoms with Gasteiger partial charge in [0.1, 0.15) is 5.75 Å². The second kappa shape index (κ2) is 7.12. The summed E-state index contributed by atoms with van der Waals surface area (Å²) in [5.74, 6) is -0.310. The van der Waals surface area contributed by atoms with Crippen LogP contribution in [-0.2, 0) is 4.74 Å². The number of H-pyrrole nitrogens is 1. The average molecular weight is 329 g/mol. The Morgan fingerprint density at radius 2 is 1.71 bits per heavy atom. The number of ketones is 2. The van der Waals surface area contributed by atoms with E-state index < -0.39 is 5.97 Å². The minimum absolute atomic E-state index is 0.0837. The molecule has 0 saturated carbocycles. The van der Waals surface area contributed by atoms with Crippen molar-refractivity contribution in [2.75, 3.05) is 13.7 Å². The molecule has 0 bridgehead atoms. The lowest BCUT2D eigenvalue weighted by Crippen LogP contribution is -2.13. The van der Waals surface area contributed by atoms with Gasteiger partial charge >= 0.3 is 5.97 Å². The molecule has 0 unspecified atom stereocenters. The van der Waals surface area contributed by atoms with E-state index in [2.05, 4.69) is 9.72 Å². The van der Waals surface area contributed by atoms with Crippen LogP contribution in [0.3, 0.4) is 0 Å². The first kappa shape index (κ1) is 17.5. The van der Waals surface area contributed by atoms with E-state index >= 15 is 0 Å². The third-order valence-corrected chi connectivity index (χ3v) is 3.71. The molecule has 0 amide bonds. The van der Waals surface area contributed by atoms with Crippen LogP contribution in [0.25, 0.3) is 0 Å². The lowest BCUT2D eigenvalue weighted by molar-refractivity contribution is 0.0600. The molecule has 2 rings (SSSR count). The van der Waals surface area contributed by atoms with Gasteiger partial charge in [-0.25, -0.2) is 4.79 Å². The number of rotatable bonds is 6. The third kappa shape index (κ3) is 3.53. The molecule has 1 aromatic heterocycles. The minimum Gasteiger partial charge on any atom is -0.485 e. The first-order chi connectivity index (χ1) is 11.3. The van der Waals surface area contributed by atoms with Crippen molar-refractivity contribution in [1.29, 1.82) is 0 Å². The third-order valence-electron chi connectivity index (χ3n) is 3.71. The van der Waals surface area contributed by atoms with Gasteiger partial charge in [-0.2, -0.15) is 0 Å². The number of ether oxygens (including phenoxy) is 2. The fraction of sp³-hybridized carbons (Fsp3) is 0.278. The van der Waals surface area contributed by atoms with Crippen LogP contribution in [0.2, 0.25) is 0 Å². The van der Waals surface area contributed by atoms with Crippen LogP contribution in [0.15, 0.2) is 24.3 Å². The van der Waals surface area contributed by atoms with Crippen molar-refractivity contribution in [2.45, 2.75) is 20.8 Å². The number of esters is 1. The molecular formula is C18H19NO5. The van der Waals surface area contributed by atoms with Crippen molar-refractivity contribution in [3.05, 3.63) is 52.3 Å². The second-order valence-corrected chi connectivity index (χ2v) is 5.41. The quantitative estimate of drug-likeness (QED) is 0.650. The molecule has 1 N–H and O–H groups in total. The van der Waals surface area contributed by atoms with E-state index in [-0.39, 0.29) is 18.2 Å². The smallest absolute Gasteiger partial charge is 0.337 e. The topological polar surface area (TPSA) is 85.5 Å². The van der Waals surface area contributed by atoms with Crippen molar-refractivity contribution >= 4 is 17.5 Å². The van der Waals surface area contributed by atoms with Gasteiger partial charge in [0.05, 0.1) is 18.4 Å². The zero-order chi connectivity index (χ0) is 17.9. The van der Waals surface area contributed by atoms with Gasteiger partial charge in [0.25, 0.3) is 0 Å². The summed E-state index contributed by atoms with van der Waals surface area (Å²) in [5, 5.41) is 0. The Labute approximate surface area is 139 Å². The number of aromatic nitrogens is 1. The van der Waals surface area contributed by atoms with Crippen LogP contribution in [0.5, 0.6) is 5.75 Å². The maximum absolute atomic E-state index is 12.3. The minimum atomic E-state index is -0.438. The highest BCUT2D eigenvalue weighted by molar-refractivity contribution is 6.03. The Morgan fingerprint density at radius 1 is 1.08 bits per heavy atom. The normalized spacial score (nSPS) is 10.3. The molecule has 1 aromatic carbocycles. The van der Waals surface area contributed by atoms with Crippen LogP contribution >= 0.6 is 0 Å². The number of carbonyl (C=O) groups is 3. The lowest BCUT2D eigenvalue weighted by Gasteiger charge is -2.06. The molecule has 0 atom stereocenters. The number of benzene rings is 1. The number of hydrogen-bond donors (Lipinski definition) is 1. The Kier molecular flexibility index (Phi) is 5.18. The predicted molar refractivity (Wildman–Crippen MR) is 87.9 cm³/mol. The number of hydrogen-bond acceptors (Lipinski definition) is 5. The van der Waals surface area contributed by atoms with Gasteiger partial charge in [-0.15, -0.1) is 0 Å².